The molecule has 5 heteroatoms. The fourth-order valence-electron chi connectivity index (χ4n) is 2.25. The SMILES string of the molecule is CCS(=O)(=O)CCCC(NC)c1ccc(OC)c(C)c1. The van der Waals surface area contributed by atoms with Gasteiger partial charge in [-0.05, 0) is 44.0 Å². The van der Waals surface area contributed by atoms with E-state index in [9.17, 15) is 8.42 Å². The van der Waals surface area contributed by atoms with Gasteiger partial charge in [-0.15, -0.1) is 0 Å². The van der Waals surface area contributed by atoms with E-state index in [-0.39, 0.29) is 17.5 Å². The van der Waals surface area contributed by atoms with Crippen molar-refractivity contribution in [3.05, 3.63) is 29.3 Å². The van der Waals surface area contributed by atoms with Gasteiger partial charge in [0.15, 0.2) is 0 Å². The van der Waals surface area contributed by atoms with Gasteiger partial charge in [0.1, 0.15) is 15.6 Å². The Kier molecular flexibility index (Phi) is 6.49. The molecule has 1 rings (SSSR count). The maximum Gasteiger partial charge on any atom is 0.150 e. The zero-order valence-corrected chi connectivity index (χ0v) is 13.6. The third-order valence-electron chi connectivity index (χ3n) is 3.56. The number of ether oxygens (including phenoxy) is 1. The smallest absolute Gasteiger partial charge is 0.150 e. The Balaban J connectivity index is 2.69. The minimum atomic E-state index is -2.87. The Morgan fingerprint density at radius 2 is 2.05 bits per heavy atom. The summed E-state index contributed by atoms with van der Waals surface area (Å²) in [7, 11) is 0.689. The third-order valence-corrected chi connectivity index (χ3v) is 5.35. The van der Waals surface area contributed by atoms with Crippen LogP contribution in [0.5, 0.6) is 5.75 Å². The maximum atomic E-state index is 11.5. The summed E-state index contributed by atoms with van der Waals surface area (Å²) in [5, 5.41) is 3.25. The van der Waals surface area contributed by atoms with E-state index in [2.05, 4.69) is 11.4 Å². The Hall–Kier alpha value is -1.07. The molecule has 4 nitrogen and oxygen atoms in total. The largest absolute Gasteiger partial charge is 0.496 e. The highest BCUT2D eigenvalue weighted by atomic mass is 32.2. The van der Waals surface area contributed by atoms with Crippen molar-refractivity contribution >= 4 is 9.84 Å². The lowest BCUT2D eigenvalue weighted by atomic mass is 10.0. The van der Waals surface area contributed by atoms with Crippen molar-refractivity contribution in [3.63, 3.8) is 0 Å². The highest BCUT2D eigenvalue weighted by Gasteiger charge is 2.13. The molecule has 0 aromatic heterocycles. The Morgan fingerprint density at radius 1 is 1.35 bits per heavy atom. The monoisotopic (exact) mass is 299 g/mol. The van der Waals surface area contributed by atoms with Gasteiger partial charge in [-0.25, -0.2) is 8.42 Å². The second-order valence-electron chi connectivity index (χ2n) is 4.95. The van der Waals surface area contributed by atoms with Crippen LogP contribution in [0.4, 0.5) is 0 Å². The van der Waals surface area contributed by atoms with Crippen molar-refractivity contribution in [2.45, 2.75) is 32.7 Å². The molecule has 0 amide bonds. The van der Waals surface area contributed by atoms with Crippen LogP contribution in [0, 0.1) is 6.92 Å². The molecule has 0 saturated carbocycles. The Morgan fingerprint density at radius 3 is 2.55 bits per heavy atom. The number of benzene rings is 1. The molecule has 0 radical (unpaired) electrons. The highest BCUT2D eigenvalue weighted by molar-refractivity contribution is 7.91. The van der Waals surface area contributed by atoms with E-state index in [1.165, 1.54) is 5.56 Å². The molecule has 1 unspecified atom stereocenters. The predicted molar refractivity (Wildman–Crippen MR) is 83.1 cm³/mol. The predicted octanol–water partition coefficient (Wildman–Crippen LogP) is 2.48. The molecule has 1 N–H and O–H groups in total. The molecular weight excluding hydrogens is 274 g/mol. The first kappa shape index (κ1) is 17.0. The molecular formula is C15H25NO3S. The second-order valence-corrected chi connectivity index (χ2v) is 7.42. The highest BCUT2D eigenvalue weighted by Crippen LogP contribution is 2.25. The summed E-state index contributed by atoms with van der Waals surface area (Å²) < 4.78 is 28.3. The molecule has 0 aliphatic rings. The first-order chi connectivity index (χ1) is 9.43. The van der Waals surface area contributed by atoms with Crippen molar-refractivity contribution in [2.75, 3.05) is 25.7 Å². The molecule has 0 fully saturated rings. The molecule has 0 aliphatic heterocycles. The van der Waals surface area contributed by atoms with Crippen LogP contribution >= 0.6 is 0 Å². The van der Waals surface area contributed by atoms with Crippen LogP contribution in [-0.2, 0) is 9.84 Å². The normalized spacial score (nSPS) is 13.2. The molecule has 1 aromatic carbocycles. The van der Waals surface area contributed by atoms with E-state index in [0.29, 0.717) is 6.42 Å². The number of sulfone groups is 1. The van der Waals surface area contributed by atoms with Gasteiger partial charge in [0, 0.05) is 11.8 Å². The molecule has 114 valence electrons. The fourth-order valence-corrected chi connectivity index (χ4v) is 3.14. The Labute approximate surface area is 122 Å². The minimum absolute atomic E-state index is 0.173. The molecule has 1 atom stereocenters. The summed E-state index contributed by atoms with van der Waals surface area (Å²) in [5.74, 6) is 1.35. The van der Waals surface area contributed by atoms with Crippen LogP contribution in [0.25, 0.3) is 0 Å². The van der Waals surface area contributed by atoms with E-state index in [4.69, 9.17) is 4.74 Å². The van der Waals surface area contributed by atoms with Crippen LogP contribution in [0.3, 0.4) is 0 Å². The van der Waals surface area contributed by atoms with E-state index in [1.54, 1.807) is 14.0 Å². The lowest BCUT2D eigenvalue weighted by molar-refractivity contribution is 0.411. The lowest BCUT2D eigenvalue weighted by Crippen LogP contribution is -2.18. The third kappa shape index (κ3) is 4.80. The number of hydrogen-bond donors (Lipinski definition) is 1. The van der Waals surface area contributed by atoms with Crippen LogP contribution in [-0.4, -0.2) is 34.1 Å². The first-order valence-corrected chi connectivity index (χ1v) is 8.78. The van der Waals surface area contributed by atoms with E-state index in [0.717, 1.165) is 17.7 Å². The molecule has 0 bridgehead atoms. The molecule has 0 heterocycles. The Bertz CT molecular complexity index is 526. The average Bonchev–Trinajstić information content (AvgIpc) is 2.43. The minimum Gasteiger partial charge on any atom is -0.496 e. The fraction of sp³-hybridized carbons (Fsp3) is 0.600. The summed E-state index contributed by atoms with van der Waals surface area (Å²) >= 11 is 0. The molecule has 1 aromatic rings. The molecule has 20 heavy (non-hydrogen) atoms. The summed E-state index contributed by atoms with van der Waals surface area (Å²) in [4.78, 5) is 0. The summed E-state index contributed by atoms with van der Waals surface area (Å²) in [6, 6.07) is 6.25. The maximum absolute atomic E-state index is 11.5. The summed E-state index contributed by atoms with van der Waals surface area (Å²) in [6.07, 6.45) is 1.48. The van der Waals surface area contributed by atoms with Crippen LogP contribution < -0.4 is 10.1 Å². The lowest BCUT2D eigenvalue weighted by Gasteiger charge is -2.18. The number of nitrogens with one attached hydrogen (secondary N) is 1. The van der Waals surface area contributed by atoms with Crippen molar-refractivity contribution in [1.29, 1.82) is 0 Å². The van der Waals surface area contributed by atoms with E-state index >= 15 is 0 Å². The summed E-state index contributed by atoms with van der Waals surface area (Å²) in [5.41, 5.74) is 2.26. The molecule has 0 aliphatic carbocycles. The summed E-state index contributed by atoms with van der Waals surface area (Å²) in [6.45, 7) is 3.70. The van der Waals surface area contributed by atoms with Gasteiger partial charge in [-0.1, -0.05) is 19.1 Å². The zero-order valence-electron chi connectivity index (χ0n) is 12.8. The average molecular weight is 299 g/mol. The second kappa shape index (κ2) is 7.64. The van der Waals surface area contributed by atoms with Crippen LogP contribution in [0.15, 0.2) is 18.2 Å². The van der Waals surface area contributed by atoms with E-state index in [1.807, 2.05) is 26.1 Å². The van der Waals surface area contributed by atoms with Gasteiger partial charge in [-0.3, -0.25) is 0 Å². The van der Waals surface area contributed by atoms with E-state index < -0.39 is 9.84 Å². The zero-order chi connectivity index (χ0) is 15.2. The topological polar surface area (TPSA) is 55.4 Å². The van der Waals surface area contributed by atoms with Gasteiger partial charge in [0.05, 0.1) is 12.9 Å². The number of aryl methyl sites for hydroxylation is 1. The van der Waals surface area contributed by atoms with Crippen molar-refractivity contribution < 1.29 is 13.2 Å². The van der Waals surface area contributed by atoms with Crippen molar-refractivity contribution in [3.8, 4) is 5.75 Å². The van der Waals surface area contributed by atoms with Crippen molar-refractivity contribution in [2.24, 2.45) is 0 Å². The van der Waals surface area contributed by atoms with Crippen molar-refractivity contribution in [1.82, 2.24) is 5.32 Å². The number of methoxy groups -OCH3 is 1. The van der Waals surface area contributed by atoms with Gasteiger partial charge in [0.25, 0.3) is 0 Å². The standard InChI is InChI=1S/C15H25NO3S/c1-5-20(17,18)10-6-7-14(16-3)13-8-9-15(19-4)12(2)11-13/h8-9,11,14,16H,5-7,10H2,1-4H3. The van der Waals surface area contributed by atoms with Crippen LogP contribution in [0.1, 0.15) is 36.9 Å². The van der Waals surface area contributed by atoms with Gasteiger partial charge in [-0.2, -0.15) is 0 Å². The quantitative estimate of drug-likeness (QED) is 0.801. The number of hydrogen-bond acceptors (Lipinski definition) is 4. The molecule has 0 spiro atoms. The van der Waals surface area contributed by atoms with Crippen LogP contribution in [0.2, 0.25) is 0 Å². The van der Waals surface area contributed by atoms with Gasteiger partial charge < -0.3 is 10.1 Å². The molecule has 0 saturated heterocycles. The van der Waals surface area contributed by atoms with Gasteiger partial charge in [0.2, 0.25) is 0 Å². The number of rotatable bonds is 8. The first-order valence-electron chi connectivity index (χ1n) is 6.95. The van der Waals surface area contributed by atoms with Gasteiger partial charge >= 0.3 is 0 Å².